The summed E-state index contributed by atoms with van der Waals surface area (Å²) in [6.45, 7) is 4.09. The van der Waals surface area contributed by atoms with E-state index in [0.717, 1.165) is 45.9 Å². The summed E-state index contributed by atoms with van der Waals surface area (Å²) in [6, 6.07) is 0. The third-order valence-corrected chi connectivity index (χ3v) is 3.10. The molecule has 6 nitrogen and oxygen atoms in total. The van der Waals surface area contributed by atoms with E-state index < -0.39 is 5.97 Å². The van der Waals surface area contributed by atoms with Crippen LogP contribution in [0.3, 0.4) is 0 Å². The van der Waals surface area contributed by atoms with Gasteiger partial charge in [0, 0.05) is 6.92 Å². The molecule has 1 saturated heterocycles. The Morgan fingerprint density at radius 1 is 1.17 bits per heavy atom. The molecule has 0 radical (unpaired) electrons. The number of carbonyl (C=O) groups is 1. The SMILES string of the molecule is CC(=O)O.NCCC1COC(CCN)C1CCN. The van der Waals surface area contributed by atoms with Crippen molar-refractivity contribution < 1.29 is 14.6 Å². The predicted octanol–water partition coefficient (Wildman–Crippen LogP) is -0.245. The van der Waals surface area contributed by atoms with Gasteiger partial charge >= 0.3 is 0 Å². The van der Waals surface area contributed by atoms with Gasteiger partial charge in [-0.25, -0.2) is 0 Å². The van der Waals surface area contributed by atoms with Crippen LogP contribution in [0.25, 0.3) is 0 Å². The highest BCUT2D eigenvalue weighted by molar-refractivity contribution is 5.62. The zero-order valence-corrected chi connectivity index (χ0v) is 11.2. The second-order valence-electron chi connectivity index (χ2n) is 4.55. The normalized spacial score (nSPS) is 26.6. The van der Waals surface area contributed by atoms with E-state index in [4.69, 9.17) is 31.8 Å². The highest BCUT2D eigenvalue weighted by Gasteiger charge is 2.35. The number of aliphatic carboxylic acids is 1. The molecule has 3 unspecified atom stereocenters. The summed E-state index contributed by atoms with van der Waals surface area (Å²) < 4.78 is 5.73. The lowest BCUT2D eigenvalue weighted by Gasteiger charge is -2.21. The fraction of sp³-hybridized carbons (Fsp3) is 0.917. The lowest BCUT2D eigenvalue weighted by Crippen LogP contribution is -2.26. The van der Waals surface area contributed by atoms with Crippen molar-refractivity contribution >= 4 is 5.97 Å². The first-order valence-corrected chi connectivity index (χ1v) is 6.48. The van der Waals surface area contributed by atoms with Crippen molar-refractivity contribution in [2.24, 2.45) is 29.0 Å². The summed E-state index contributed by atoms with van der Waals surface area (Å²) in [5.74, 6) is 0.340. The number of ether oxygens (including phenoxy) is 1. The van der Waals surface area contributed by atoms with Gasteiger partial charge in [0.25, 0.3) is 5.97 Å². The van der Waals surface area contributed by atoms with Gasteiger partial charge in [-0.05, 0) is 50.7 Å². The van der Waals surface area contributed by atoms with Crippen LogP contribution in [0.1, 0.15) is 26.2 Å². The second-order valence-corrected chi connectivity index (χ2v) is 4.55. The van der Waals surface area contributed by atoms with Gasteiger partial charge in [-0.15, -0.1) is 0 Å². The minimum absolute atomic E-state index is 0.320. The van der Waals surface area contributed by atoms with Crippen LogP contribution < -0.4 is 17.2 Å². The van der Waals surface area contributed by atoms with Crippen LogP contribution in [0.5, 0.6) is 0 Å². The van der Waals surface area contributed by atoms with Crippen LogP contribution in [0.15, 0.2) is 0 Å². The van der Waals surface area contributed by atoms with Crippen molar-refractivity contribution in [3.63, 3.8) is 0 Å². The summed E-state index contributed by atoms with van der Waals surface area (Å²) in [4.78, 5) is 9.00. The number of hydrogen-bond donors (Lipinski definition) is 4. The topological polar surface area (TPSA) is 125 Å². The van der Waals surface area contributed by atoms with E-state index in [1.807, 2.05) is 0 Å². The lowest BCUT2D eigenvalue weighted by molar-refractivity contribution is -0.134. The Bertz CT molecular complexity index is 209. The molecule has 1 fully saturated rings. The number of hydrogen-bond acceptors (Lipinski definition) is 5. The fourth-order valence-electron chi connectivity index (χ4n) is 2.39. The second kappa shape index (κ2) is 10.3. The van der Waals surface area contributed by atoms with Crippen LogP contribution in [0.4, 0.5) is 0 Å². The number of carboxylic acids is 1. The van der Waals surface area contributed by atoms with Crippen LogP contribution >= 0.6 is 0 Å². The van der Waals surface area contributed by atoms with Gasteiger partial charge in [-0.3, -0.25) is 4.79 Å². The molecule has 0 aromatic rings. The lowest BCUT2D eigenvalue weighted by atomic mass is 9.84. The summed E-state index contributed by atoms with van der Waals surface area (Å²) in [6.07, 6.45) is 3.35. The summed E-state index contributed by atoms with van der Waals surface area (Å²) in [5, 5.41) is 7.42. The monoisotopic (exact) mass is 261 g/mol. The van der Waals surface area contributed by atoms with E-state index >= 15 is 0 Å². The van der Waals surface area contributed by atoms with Crippen molar-refractivity contribution in [3.8, 4) is 0 Å². The molecule has 1 aliphatic rings. The molecular formula is C12H27N3O3. The molecule has 3 atom stereocenters. The molecule has 18 heavy (non-hydrogen) atoms. The Hall–Kier alpha value is -0.690. The van der Waals surface area contributed by atoms with Gasteiger partial charge in [-0.2, -0.15) is 0 Å². The first-order chi connectivity index (χ1) is 8.56. The van der Waals surface area contributed by atoms with E-state index in [1.54, 1.807) is 0 Å². The molecular weight excluding hydrogens is 234 g/mol. The van der Waals surface area contributed by atoms with E-state index in [2.05, 4.69) is 0 Å². The van der Waals surface area contributed by atoms with Gasteiger partial charge < -0.3 is 27.0 Å². The quantitative estimate of drug-likeness (QED) is 0.523. The Morgan fingerprint density at radius 3 is 2.11 bits per heavy atom. The van der Waals surface area contributed by atoms with Crippen molar-refractivity contribution in [2.75, 3.05) is 26.2 Å². The summed E-state index contributed by atoms with van der Waals surface area (Å²) >= 11 is 0. The molecule has 0 saturated carbocycles. The Labute approximate surface area is 109 Å². The van der Waals surface area contributed by atoms with Crippen LogP contribution in [-0.2, 0) is 9.53 Å². The first-order valence-electron chi connectivity index (χ1n) is 6.48. The molecule has 1 aliphatic heterocycles. The number of nitrogens with two attached hydrogens (primary N) is 3. The standard InChI is InChI=1S/C10H23N3O.C2H4O2/c11-4-1-8-7-14-10(3-6-13)9(8)2-5-12;1-2(3)4/h8-10H,1-7,11-13H2;1H3,(H,3,4). The molecule has 0 aliphatic carbocycles. The van der Waals surface area contributed by atoms with Crippen molar-refractivity contribution in [3.05, 3.63) is 0 Å². The van der Waals surface area contributed by atoms with Crippen molar-refractivity contribution in [1.29, 1.82) is 0 Å². The maximum absolute atomic E-state index is 9.00. The molecule has 1 rings (SSSR count). The molecule has 0 amide bonds. The van der Waals surface area contributed by atoms with E-state index in [9.17, 15) is 0 Å². The van der Waals surface area contributed by atoms with Gasteiger partial charge in [0.2, 0.25) is 0 Å². The Kier molecular flexibility index (Phi) is 9.86. The van der Waals surface area contributed by atoms with Gasteiger partial charge in [-0.1, -0.05) is 0 Å². The molecule has 1 heterocycles. The molecule has 7 N–H and O–H groups in total. The van der Waals surface area contributed by atoms with Crippen LogP contribution in [0.2, 0.25) is 0 Å². The highest BCUT2D eigenvalue weighted by Crippen LogP contribution is 2.33. The van der Waals surface area contributed by atoms with Crippen LogP contribution in [-0.4, -0.2) is 43.4 Å². The number of rotatable bonds is 6. The predicted molar refractivity (Wildman–Crippen MR) is 71.0 cm³/mol. The van der Waals surface area contributed by atoms with Crippen molar-refractivity contribution in [2.45, 2.75) is 32.3 Å². The summed E-state index contributed by atoms with van der Waals surface area (Å²) in [5.41, 5.74) is 16.7. The van der Waals surface area contributed by atoms with E-state index in [0.29, 0.717) is 24.5 Å². The minimum Gasteiger partial charge on any atom is -0.481 e. The molecule has 108 valence electrons. The van der Waals surface area contributed by atoms with Crippen molar-refractivity contribution in [1.82, 2.24) is 0 Å². The smallest absolute Gasteiger partial charge is 0.300 e. The highest BCUT2D eigenvalue weighted by atomic mass is 16.5. The Balaban J connectivity index is 0.000000631. The Morgan fingerprint density at radius 2 is 1.67 bits per heavy atom. The van der Waals surface area contributed by atoms with E-state index in [1.165, 1.54) is 0 Å². The molecule has 0 bridgehead atoms. The number of carboxylic acid groups (broad SMARTS) is 1. The molecule has 6 heteroatoms. The average Bonchev–Trinajstić information content (AvgIpc) is 2.63. The first kappa shape index (κ1) is 17.3. The third-order valence-electron chi connectivity index (χ3n) is 3.10. The van der Waals surface area contributed by atoms with Crippen LogP contribution in [0, 0.1) is 11.8 Å². The van der Waals surface area contributed by atoms with Gasteiger partial charge in [0.05, 0.1) is 12.7 Å². The zero-order valence-electron chi connectivity index (χ0n) is 11.2. The van der Waals surface area contributed by atoms with Gasteiger partial charge in [0.15, 0.2) is 0 Å². The fourth-order valence-corrected chi connectivity index (χ4v) is 2.39. The average molecular weight is 261 g/mol. The maximum atomic E-state index is 9.00. The molecule has 0 spiro atoms. The maximum Gasteiger partial charge on any atom is 0.300 e. The largest absolute Gasteiger partial charge is 0.481 e. The molecule has 0 aromatic carbocycles. The van der Waals surface area contributed by atoms with E-state index in [-0.39, 0.29) is 0 Å². The minimum atomic E-state index is -0.833. The summed E-state index contributed by atoms with van der Waals surface area (Å²) in [7, 11) is 0. The zero-order chi connectivity index (χ0) is 14.0. The van der Waals surface area contributed by atoms with Gasteiger partial charge in [0.1, 0.15) is 0 Å². The molecule has 0 aromatic heterocycles. The third kappa shape index (κ3) is 6.90.